The van der Waals surface area contributed by atoms with E-state index >= 15 is 0 Å². The molecule has 1 aromatic heterocycles. The third kappa shape index (κ3) is 4.39. The number of nitrogens with zero attached hydrogens (tertiary/aromatic N) is 3. The minimum atomic E-state index is -0.405. The number of aromatic nitrogens is 2. The average molecular weight is 414 g/mol. The van der Waals surface area contributed by atoms with E-state index in [2.05, 4.69) is 10.2 Å². The second kappa shape index (κ2) is 8.80. The number of hydrogen-bond acceptors (Lipinski definition) is 5. The van der Waals surface area contributed by atoms with E-state index in [1.54, 1.807) is 12.1 Å². The number of carbonyl (C=O) groups excluding carboxylic acids is 1. The van der Waals surface area contributed by atoms with E-state index in [0.29, 0.717) is 16.1 Å². The summed E-state index contributed by atoms with van der Waals surface area (Å²) in [5.41, 5.74) is 1.73. The highest BCUT2D eigenvalue weighted by Crippen LogP contribution is 2.37. The summed E-state index contributed by atoms with van der Waals surface area (Å²) in [7, 11) is 0. The van der Waals surface area contributed by atoms with Crippen molar-refractivity contribution >= 4 is 29.3 Å². The summed E-state index contributed by atoms with van der Waals surface area (Å²) in [5.74, 6) is 0.513. The zero-order valence-corrected chi connectivity index (χ0v) is 16.8. The van der Waals surface area contributed by atoms with Crippen LogP contribution in [0.1, 0.15) is 30.1 Å². The molecule has 1 fully saturated rings. The molecule has 0 radical (unpaired) electrons. The van der Waals surface area contributed by atoms with E-state index in [0.717, 1.165) is 37.1 Å². The summed E-state index contributed by atoms with van der Waals surface area (Å²) in [6.07, 6.45) is 3.29. The second-order valence-corrected chi connectivity index (χ2v) is 8.17. The molecule has 144 valence electrons. The molecule has 4 rings (SSSR count). The lowest BCUT2D eigenvalue weighted by molar-refractivity contribution is -0.131. The van der Waals surface area contributed by atoms with E-state index < -0.39 is 5.25 Å². The third-order valence-electron chi connectivity index (χ3n) is 4.71. The summed E-state index contributed by atoms with van der Waals surface area (Å²) >= 11 is 7.24. The Kier molecular flexibility index (Phi) is 5.98. The first kappa shape index (κ1) is 19.0. The molecule has 1 aliphatic rings. The number of likely N-dealkylation sites (tertiary alicyclic amines) is 1. The minimum absolute atomic E-state index is 0.0992. The standard InChI is InChI=1S/C21H20ClN3O2S/c22-17-11-9-16(10-12-17)19-23-24-21(27-19)28-18(15-7-3-1-4-8-15)20(26)25-13-5-2-6-14-25/h1,3-4,7-12,18H,2,5-6,13-14H2/t18-/m0/s1. The largest absolute Gasteiger partial charge is 0.411 e. The topological polar surface area (TPSA) is 59.2 Å². The lowest BCUT2D eigenvalue weighted by Crippen LogP contribution is -2.38. The Labute approximate surface area is 173 Å². The van der Waals surface area contributed by atoms with Crippen molar-refractivity contribution in [3.8, 4) is 11.5 Å². The molecule has 1 saturated heterocycles. The van der Waals surface area contributed by atoms with Crippen LogP contribution < -0.4 is 0 Å². The summed E-state index contributed by atoms with van der Waals surface area (Å²) in [4.78, 5) is 15.2. The van der Waals surface area contributed by atoms with Crippen LogP contribution in [0.15, 0.2) is 64.2 Å². The minimum Gasteiger partial charge on any atom is -0.411 e. The van der Waals surface area contributed by atoms with Crippen molar-refractivity contribution in [2.45, 2.75) is 29.7 Å². The van der Waals surface area contributed by atoms with Crippen LogP contribution in [-0.2, 0) is 4.79 Å². The number of benzene rings is 2. The van der Waals surface area contributed by atoms with Crippen LogP contribution in [0.2, 0.25) is 5.02 Å². The molecule has 7 heteroatoms. The van der Waals surface area contributed by atoms with Gasteiger partial charge >= 0.3 is 0 Å². The van der Waals surface area contributed by atoms with E-state index in [4.69, 9.17) is 16.0 Å². The summed E-state index contributed by atoms with van der Waals surface area (Å²) in [6, 6.07) is 17.0. The van der Waals surface area contributed by atoms with Gasteiger partial charge in [-0.05, 0) is 60.9 Å². The van der Waals surface area contributed by atoms with Crippen LogP contribution in [0.25, 0.3) is 11.5 Å². The van der Waals surface area contributed by atoms with Crippen molar-refractivity contribution in [1.82, 2.24) is 15.1 Å². The maximum Gasteiger partial charge on any atom is 0.277 e. The van der Waals surface area contributed by atoms with Crippen molar-refractivity contribution < 1.29 is 9.21 Å². The smallest absolute Gasteiger partial charge is 0.277 e. The number of carbonyl (C=O) groups is 1. The molecule has 0 bridgehead atoms. The zero-order valence-electron chi connectivity index (χ0n) is 15.3. The Bertz CT molecular complexity index is 924. The van der Waals surface area contributed by atoms with Crippen molar-refractivity contribution in [3.05, 3.63) is 65.2 Å². The van der Waals surface area contributed by atoms with Gasteiger partial charge < -0.3 is 9.32 Å². The zero-order chi connectivity index (χ0) is 19.3. The molecular weight excluding hydrogens is 394 g/mol. The SMILES string of the molecule is O=C([C@@H](Sc1nnc(-c2ccc(Cl)cc2)o1)c1ccccc1)N1CCCCC1. The molecule has 1 aliphatic heterocycles. The van der Waals surface area contributed by atoms with Crippen LogP contribution >= 0.6 is 23.4 Å². The van der Waals surface area contributed by atoms with E-state index in [9.17, 15) is 4.79 Å². The number of piperidine rings is 1. The first-order valence-corrected chi connectivity index (χ1v) is 10.6. The molecule has 5 nitrogen and oxygen atoms in total. The fourth-order valence-corrected chi connectivity index (χ4v) is 4.32. The van der Waals surface area contributed by atoms with Crippen LogP contribution in [0, 0.1) is 0 Å². The van der Waals surface area contributed by atoms with Crippen molar-refractivity contribution in [2.75, 3.05) is 13.1 Å². The maximum absolute atomic E-state index is 13.2. The van der Waals surface area contributed by atoms with Gasteiger partial charge in [-0.1, -0.05) is 41.9 Å². The fraction of sp³-hybridized carbons (Fsp3) is 0.286. The third-order valence-corrected chi connectivity index (χ3v) is 6.04. The lowest BCUT2D eigenvalue weighted by atomic mass is 10.1. The first-order chi connectivity index (χ1) is 13.7. The van der Waals surface area contributed by atoms with Crippen molar-refractivity contribution in [1.29, 1.82) is 0 Å². The monoisotopic (exact) mass is 413 g/mol. The molecule has 2 heterocycles. The molecular formula is C21H20ClN3O2S. The van der Waals surface area contributed by atoms with Crippen molar-refractivity contribution in [3.63, 3.8) is 0 Å². The number of thioether (sulfide) groups is 1. The molecule has 1 amide bonds. The molecule has 28 heavy (non-hydrogen) atoms. The highest BCUT2D eigenvalue weighted by Gasteiger charge is 2.29. The van der Waals surface area contributed by atoms with Gasteiger partial charge in [-0.25, -0.2) is 0 Å². The molecule has 2 aromatic carbocycles. The molecule has 3 aromatic rings. The molecule has 0 N–H and O–H groups in total. The van der Waals surface area contributed by atoms with Gasteiger partial charge in [-0.2, -0.15) is 0 Å². The Morgan fingerprint density at radius 3 is 2.43 bits per heavy atom. The highest BCUT2D eigenvalue weighted by atomic mass is 35.5. The number of amides is 1. The predicted octanol–water partition coefficient (Wildman–Crippen LogP) is 5.24. The Hall–Kier alpha value is -2.31. The number of halogens is 1. The maximum atomic E-state index is 13.2. The normalized spacial score (nSPS) is 15.4. The van der Waals surface area contributed by atoms with Gasteiger partial charge in [0.1, 0.15) is 5.25 Å². The summed E-state index contributed by atoms with van der Waals surface area (Å²) < 4.78 is 5.83. The Morgan fingerprint density at radius 1 is 1.00 bits per heavy atom. The Balaban J connectivity index is 1.57. The number of hydrogen-bond donors (Lipinski definition) is 0. The van der Waals surface area contributed by atoms with E-state index in [1.807, 2.05) is 47.4 Å². The average Bonchev–Trinajstić information content (AvgIpc) is 3.22. The van der Waals surface area contributed by atoms with Gasteiger partial charge in [0.25, 0.3) is 5.22 Å². The van der Waals surface area contributed by atoms with Crippen LogP contribution in [0.3, 0.4) is 0 Å². The van der Waals surface area contributed by atoms with Gasteiger partial charge in [-0.3, -0.25) is 4.79 Å². The predicted molar refractivity (Wildman–Crippen MR) is 110 cm³/mol. The quantitative estimate of drug-likeness (QED) is 0.535. The van der Waals surface area contributed by atoms with Crippen LogP contribution in [0.5, 0.6) is 0 Å². The molecule has 1 atom stereocenters. The number of rotatable bonds is 5. The molecule has 0 saturated carbocycles. The Morgan fingerprint density at radius 2 is 1.71 bits per heavy atom. The van der Waals surface area contributed by atoms with E-state index in [-0.39, 0.29) is 5.91 Å². The molecule has 0 spiro atoms. The van der Waals surface area contributed by atoms with E-state index in [1.165, 1.54) is 18.2 Å². The lowest BCUT2D eigenvalue weighted by Gasteiger charge is -2.29. The van der Waals surface area contributed by atoms with Crippen LogP contribution in [-0.4, -0.2) is 34.1 Å². The van der Waals surface area contributed by atoms with Gasteiger partial charge in [0.15, 0.2) is 0 Å². The van der Waals surface area contributed by atoms with Crippen LogP contribution in [0.4, 0.5) is 0 Å². The summed E-state index contributed by atoms with van der Waals surface area (Å²) in [6.45, 7) is 1.62. The van der Waals surface area contributed by atoms with Gasteiger partial charge in [0.2, 0.25) is 11.8 Å². The fourth-order valence-electron chi connectivity index (χ4n) is 3.24. The highest BCUT2D eigenvalue weighted by molar-refractivity contribution is 8.00. The van der Waals surface area contributed by atoms with Gasteiger partial charge in [0, 0.05) is 23.7 Å². The van der Waals surface area contributed by atoms with Gasteiger partial charge in [-0.15, -0.1) is 10.2 Å². The molecule has 0 unspecified atom stereocenters. The first-order valence-electron chi connectivity index (χ1n) is 9.30. The molecule has 0 aliphatic carbocycles. The summed E-state index contributed by atoms with van der Waals surface area (Å²) in [5, 5.41) is 8.90. The van der Waals surface area contributed by atoms with Crippen molar-refractivity contribution in [2.24, 2.45) is 0 Å². The van der Waals surface area contributed by atoms with Gasteiger partial charge in [0.05, 0.1) is 0 Å². The second-order valence-electron chi connectivity index (χ2n) is 6.67.